The number of carbonyl (C=O) groups is 2. The van der Waals surface area contributed by atoms with Crippen molar-refractivity contribution in [2.45, 2.75) is 18.7 Å². The van der Waals surface area contributed by atoms with Crippen molar-refractivity contribution in [3.8, 4) is 10.6 Å². The van der Waals surface area contributed by atoms with Gasteiger partial charge in [-0.3, -0.25) is 14.6 Å². The number of aryl methyl sites for hydroxylation is 1. The molecular formula is C19H16FN3O2S2. The second kappa shape index (κ2) is 8.41. The molecule has 0 aliphatic rings. The summed E-state index contributed by atoms with van der Waals surface area (Å²) in [5.41, 5.74) is 1.89. The number of halogens is 1. The minimum absolute atomic E-state index is 0.0356. The van der Waals surface area contributed by atoms with Crippen molar-refractivity contribution in [1.82, 2.24) is 9.97 Å². The van der Waals surface area contributed by atoms with E-state index in [0.717, 1.165) is 28.0 Å². The molecule has 1 amide bonds. The number of thiazole rings is 1. The molecule has 0 atom stereocenters. The topological polar surface area (TPSA) is 72.0 Å². The number of nitrogens with zero attached hydrogens (tertiary/aromatic N) is 2. The summed E-state index contributed by atoms with van der Waals surface area (Å²) in [6.45, 7) is 3.24. The van der Waals surface area contributed by atoms with Crippen LogP contribution < -0.4 is 5.32 Å². The predicted molar refractivity (Wildman–Crippen MR) is 106 cm³/mol. The molecule has 2 aromatic heterocycles. The summed E-state index contributed by atoms with van der Waals surface area (Å²) in [7, 11) is 0. The van der Waals surface area contributed by atoms with Crippen LogP contribution in [-0.4, -0.2) is 27.4 Å². The molecular weight excluding hydrogens is 385 g/mol. The molecule has 0 aliphatic carbocycles. The predicted octanol–water partition coefficient (Wildman–Crippen LogP) is 4.59. The van der Waals surface area contributed by atoms with Crippen molar-refractivity contribution < 1.29 is 14.0 Å². The number of amides is 1. The number of pyridine rings is 1. The number of anilines is 1. The highest BCUT2D eigenvalue weighted by Gasteiger charge is 2.14. The van der Waals surface area contributed by atoms with Gasteiger partial charge in [0, 0.05) is 16.7 Å². The summed E-state index contributed by atoms with van der Waals surface area (Å²) in [6.07, 6.45) is 1.70. The van der Waals surface area contributed by atoms with Crippen LogP contribution in [-0.2, 0) is 4.79 Å². The summed E-state index contributed by atoms with van der Waals surface area (Å²) in [6, 6.07) is 9.86. The maximum atomic E-state index is 14.0. The highest BCUT2D eigenvalue weighted by Crippen LogP contribution is 2.31. The summed E-state index contributed by atoms with van der Waals surface area (Å²) in [5, 5.41) is 3.21. The van der Waals surface area contributed by atoms with Crippen LogP contribution in [0, 0.1) is 12.7 Å². The molecule has 3 aromatic rings. The number of ketones is 1. The van der Waals surface area contributed by atoms with Gasteiger partial charge in [0.15, 0.2) is 10.9 Å². The Bertz CT molecular complexity index is 990. The SMILES string of the molecule is CC(=O)c1ccc(SCC(=O)Nc2nc(C)c(-c3ccccn3)s2)c(F)c1. The first-order chi connectivity index (χ1) is 12.9. The summed E-state index contributed by atoms with van der Waals surface area (Å²) >= 11 is 2.41. The average Bonchev–Trinajstić information content (AvgIpc) is 3.01. The van der Waals surface area contributed by atoms with Gasteiger partial charge in [0.05, 0.1) is 22.0 Å². The second-order valence-electron chi connectivity index (χ2n) is 5.69. The van der Waals surface area contributed by atoms with Crippen molar-refractivity contribution >= 4 is 39.9 Å². The molecule has 1 N–H and O–H groups in total. The van der Waals surface area contributed by atoms with E-state index in [-0.39, 0.29) is 17.4 Å². The van der Waals surface area contributed by atoms with E-state index in [2.05, 4.69) is 15.3 Å². The number of hydrogen-bond donors (Lipinski definition) is 1. The van der Waals surface area contributed by atoms with Gasteiger partial charge in [0.2, 0.25) is 5.91 Å². The zero-order valence-corrected chi connectivity index (χ0v) is 16.3. The van der Waals surface area contributed by atoms with Crippen molar-refractivity contribution in [3.05, 3.63) is 59.7 Å². The van der Waals surface area contributed by atoms with Crippen LogP contribution in [0.5, 0.6) is 0 Å². The normalized spacial score (nSPS) is 10.6. The second-order valence-corrected chi connectivity index (χ2v) is 7.70. The van der Waals surface area contributed by atoms with Crippen molar-refractivity contribution in [3.63, 3.8) is 0 Å². The summed E-state index contributed by atoms with van der Waals surface area (Å²) in [5.74, 6) is -0.959. The molecule has 0 radical (unpaired) electrons. The number of benzene rings is 1. The molecule has 27 heavy (non-hydrogen) atoms. The molecule has 8 heteroatoms. The first-order valence-electron chi connectivity index (χ1n) is 8.06. The molecule has 0 bridgehead atoms. The quantitative estimate of drug-likeness (QED) is 0.483. The van der Waals surface area contributed by atoms with E-state index < -0.39 is 5.82 Å². The van der Waals surface area contributed by atoms with Gasteiger partial charge in [0.25, 0.3) is 0 Å². The third-order valence-electron chi connectivity index (χ3n) is 3.64. The summed E-state index contributed by atoms with van der Waals surface area (Å²) < 4.78 is 14.0. The van der Waals surface area contributed by atoms with Crippen LogP contribution in [0.1, 0.15) is 23.0 Å². The fourth-order valence-corrected chi connectivity index (χ4v) is 4.00. The van der Waals surface area contributed by atoms with Crippen LogP contribution in [0.2, 0.25) is 0 Å². The fraction of sp³-hybridized carbons (Fsp3) is 0.158. The van der Waals surface area contributed by atoms with Crippen molar-refractivity contribution in [2.75, 3.05) is 11.1 Å². The third kappa shape index (κ3) is 4.78. The molecule has 2 heterocycles. The monoisotopic (exact) mass is 401 g/mol. The molecule has 3 rings (SSSR count). The zero-order chi connectivity index (χ0) is 19.4. The van der Waals surface area contributed by atoms with Crippen molar-refractivity contribution in [1.29, 1.82) is 0 Å². The third-order valence-corrected chi connectivity index (χ3v) is 5.78. The smallest absolute Gasteiger partial charge is 0.236 e. The van der Waals surface area contributed by atoms with Gasteiger partial charge < -0.3 is 5.32 Å². The Morgan fingerprint density at radius 3 is 2.74 bits per heavy atom. The Hall–Kier alpha value is -2.58. The maximum absolute atomic E-state index is 14.0. The molecule has 0 fully saturated rings. The molecule has 0 saturated heterocycles. The number of thioether (sulfide) groups is 1. The fourth-order valence-electron chi connectivity index (χ4n) is 2.32. The van der Waals surface area contributed by atoms with Crippen LogP contribution in [0.15, 0.2) is 47.5 Å². The standard InChI is InChI=1S/C19H16FN3O2S2/c1-11-18(15-5-3-4-8-21-15)27-19(22-11)23-17(25)10-26-16-7-6-13(12(2)24)9-14(16)20/h3-9H,10H2,1-2H3,(H,22,23,25). The summed E-state index contributed by atoms with van der Waals surface area (Å²) in [4.78, 5) is 33.3. The number of Topliss-reactive ketones (excluding diaryl/α,β-unsaturated/α-hetero) is 1. The van der Waals surface area contributed by atoms with Crippen LogP contribution in [0.3, 0.4) is 0 Å². The average molecular weight is 401 g/mol. The van der Waals surface area contributed by atoms with Gasteiger partial charge in [-0.1, -0.05) is 23.5 Å². The van der Waals surface area contributed by atoms with Gasteiger partial charge in [-0.25, -0.2) is 9.37 Å². The van der Waals surface area contributed by atoms with Crippen molar-refractivity contribution in [2.24, 2.45) is 0 Å². The lowest BCUT2D eigenvalue weighted by atomic mass is 10.1. The zero-order valence-electron chi connectivity index (χ0n) is 14.7. The maximum Gasteiger partial charge on any atom is 0.236 e. The highest BCUT2D eigenvalue weighted by molar-refractivity contribution is 8.00. The molecule has 5 nitrogen and oxygen atoms in total. The van der Waals surface area contributed by atoms with E-state index in [1.807, 2.05) is 25.1 Å². The minimum Gasteiger partial charge on any atom is -0.301 e. The molecule has 1 aromatic carbocycles. The minimum atomic E-state index is -0.511. The molecule has 0 spiro atoms. The molecule has 138 valence electrons. The molecule has 0 aliphatic heterocycles. The van der Waals surface area contributed by atoms with E-state index in [1.165, 1.54) is 30.4 Å². The Labute approximate surface area is 164 Å². The number of hydrogen-bond acceptors (Lipinski definition) is 6. The van der Waals surface area contributed by atoms with Crippen LogP contribution >= 0.6 is 23.1 Å². The number of aromatic nitrogens is 2. The number of carbonyl (C=O) groups excluding carboxylic acids is 2. The lowest BCUT2D eigenvalue weighted by molar-refractivity contribution is -0.113. The Morgan fingerprint density at radius 1 is 1.26 bits per heavy atom. The molecule has 0 saturated carbocycles. The van der Waals surface area contributed by atoms with E-state index in [1.54, 1.807) is 12.3 Å². The van der Waals surface area contributed by atoms with Gasteiger partial charge in [-0.2, -0.15) is 0 Å². The number of nitrogens with one attached hydrogen (secondary N) is 1. The lowest BCUT2D eigenvalue weighted by Crippen LogP contribution is -2.14. The van der Waals surface area contributed by atoms with E-state index in [0.29, 0.717) is 15.6 Å². The van der Waals surface area contributed by atoms with Gasteiger partial charge in [0.1, 0.15) is 5.82 Å². The first-order valence-corrected chi connectivity index (χ1v) is 9.86. The Balaban J connectivity index is 1.63. The number of rotatable bonds is 6. The van der Waals surface area contributed by atoms with E-state index in [4.69, 9.17) is 0 Å². The van der Waals surface area contributed by atoms with Gasteiger partial charge in [-0.15, -0.1) is 11.8 Å². The van der Waals surface area contributed by atoms with Gasteiger partial charge in [-0.05, 0) is 38.1 Å². The van der Waals surface area contributed by atoms with Crippen LogP contribution in [0.4, 0.5) is 9.52 Å². The molecule has 0 unspecified atom stereocenters. The first kappa shape index (κ1) is 19.2. The highest BCUT2D eigenvalue weighted by atomic mass is 32.2. The van der Waals surface area contributed by atoms with Crippen LogP contribution in [0.25, 0.3) is 10.6 Å². The van der Waals surface area contributed by atoms with E-state index in [9.17, 15) is 14.0 Å². The Kier molecular flexibility index (Phi) is 5.98. The lowest BCUT2D eigenvalue weighted by Gasteiger charge is -2.05. The Morgan fingerprint density at radius 2 is 2.07 bits per heavy atom. The van der Waals surface area contributed by atoms with Gasteiger partial charge >= 0.3 is 0 Å². The van der Waals surface area contributed by atoms with E-state index >= 15 is 0 Å². The largest absolute Gasteiger partial charge is 0.301 e.